The minimum Gasteiger partial charge on any atom is -0.354 e. The van der Waals surface area contributed by atoms with Gasteiger partial charge in [0.2, 0.25) is 5.91 Å². The van der Waals surface area contributed by atoms with Gasteiger partial charge in [-0.1, -0.05) is 12.1 Å². The molecular weight excluding hydrogens is 413 g/mol. The molecule has 32 heavy (non-hydrogen) atoms. The highest BCUT2D eigenvalue weighted by Gasteiger charge is 2.28. The van der Waals surface area contributed by atoms with Gasteiger partial charge in [-0.2, -0.15) is 0 Å². The van der Waals surface area contributed by atoms with Crippen molar-refractivity contribution in [2.24, 2.45) is 5.92 Å². The second-order valence-corrected chi connectivity index (χ2v) is 8.01. The van der Waals surface area contributed by atoms with E-state index in [-0.39, 0.29) is 29.6 Å². The third kappa shape index (κ3) is 6.44. The molecule has 1 saturated heterocycles. The number of nitrogens with zero attached hydrogens (tertiary/aromatic N) is 1. The highest BCUT2D eigenvalue weighted by atomic mass is 19.1. The maximum absolute atomic E-state index is 13.6. The van der Waals surface area contributed by atoms with E-state index in [0.29, 0.717) is 24.5 Å². The molecule has 5 amide bonds. The van der Waals surface area contributed by atoms with Crippen LogP contribution in [-0.4, -0.2) is 42.0 Å². The van der Waals surface area contributed by atoms with Crippen molar-refractivity contribution in [2.75, 3.05) is 29.0 Å². The molecule has 1 aliphatic rings. The maximum Gasteiger partial charge on any atom is 0.323 e. The van der Waals surface area contributed by atoms with Gasteiger partial charge in [0.05, 0.1) is 11.6 Å². The van der Waals surface area contributed by atoms with Crippen LogP contribution in [0.25, 0.3) is 0 Å². The van der Waals surface area contributed by atoms with Crippen molar-refractivity contribution in [2.45, 2.75) is 32.7 Å². The first-order valence-electron chi connectivity index (χ1n) is 10.6. The number of rotatable bonds is 5. The van der Waals surface area contributed by atoms with Crippen molar-refractivity contribution >= 4 is 35.0 Å². The molecule has 0 saturated carbocycles. The number of likely N-dealkylation sites (tertiary alicyclic amines) is 1. The van der Waals surface area contributed by atoms with Gasteiger partial charge in [-0.15, -0.1) is 0 Å². The van der Waals surface area contributed by atoms with Crippen LogP contribution in [0.1, 0.15) is 26.7 Å². The molecule has 8 nitrogen and oxygen atoms in total. The Bertz CT molecular complexity index is 964. The van der Waals surface area contributed by atoms with E-state index in [1.54, 1.807) is 35.2 Å². The van der Waals surface area contributed by atoms with Gasteiger partial charge in [-0.3, -0.25) is 4.79 Å². The molecule has 1 atom stereocenters. The fraction of sp³-hybridized carbons (Fsp3) is 0.348. The summed E-state index contributed by atoms with van der Waals surface area (Å²) in [6, 6.07) is 11.7. The van der Waals surface area contributed by atoms with Gasteiger partial charge in [0.15, 0.2) is 0 Å². The molecule has 1 heterocycles. The number of benzene rings is 2. The van der Waals surface area contributed by atoms with Crippen molar-refractivity contribution in [1.82, 2.24) is 10.2 Å². The van der Waals surface area contributed by atoms with E-state index in [1.165, 1.54) is 18.2 Å². The Balaban J connectivity index is 1.51. The SMILES string of the molecule is CC(C)NC(=O)C1CCCN(C(=O)Nc2ccc(NC(=O)Nc3ccccc3F)cc2)C1. The largest absolute Gasteiger partial charge is 0.354 e. The molecule has 2 aromatic rings. The van der Waals surface area contributed by atoms with Gasteiger partial charge >= 0.3 is 12.1 Å². The lowest BCUT2D eigenvalue weighted by Crippen LogP contribution is -2.47. The summed E-state index contributed by atoms with van der Waals surface area (Å²) < 4.78 is 13.6. The number of hydrogen-bond donors (Lipinski definition) is 4. The third-order valence-electron chi connectivity index (χ3n) is 5.03. The minimum absolute atomic E-state index is 0.0263. The summed E-state index contributed by atoms with van der Waals surface area (Å²) in [4.78, 5) is 38.6. The van der Waals surface area contributed by atoms with Gasteiger partial charge in [-0.25, -0.2) is 14.0 Å². The van der Waals surface area contributed by atoms with Crippen molar-refractivity contribution < 1.29 is 18.8 Å². The first-order valence-corrected chi connectivity index (χ1v) is 10.6. The lowest BCUT2D eigenvalue weighted by atomic mass is 9.97. The van der Waals surface area contributed by atoms with Gasteiger partial charge in [0, 0.05) is 30.5 Å². The molecule has 2 aromatic carbocycles. The summed E-state index contributed by atoms with van der Waals surface area (Å²) >= 11 is 0. The zero-order valence-electron chi connectivity index (χ0n) is 18.2. The molecule has 1 unspecified atom stereocenters. The Morgan fingerprint density at radius 1 is 0.969 bits per heavy atom. The minimum atomic E-state index is -0.578. The predicted octanol–water partition coefficient (Wildman–Crippen LogP) is 4.24. The molecule has 0 aliphatic carbocycles. The highest BCUT2D eigenvalue weighted by molar-refractivity contribution is 6.00. The van der Waals surface area contributed by atoms with E-state index >= 15 is 0 Å². The van der Waals surface area contributed by atoms with Gasteiger partial charge < -0.3 is 26.2 Å². The fourth-order valence-electron chi connectivity index (χ4n) is 3.46. The number of anilines is 3. The first kappa shape index (κ1) is 23.1. The Morgan fingerprint density at radius 3 is 2.28 bits per heavy atom. The Morgan fingerprint density at radius 2 is 1.62 bits per heavy atom. The summed E-state index contributed by atoms with van der Waals surface area (Å²) in [5, 5.41) is 10.8. The number of piperidine rings is 1. The van der Waals surface area contributed by atoms with Crippen LogP contribution in [-0.2, 0) is 4.79 Å². The summed E-state index contributed by atoms with van der Waals surface area (Å²) in [6.45, 7) is 4.79. The lowest BCUT2D eigenvalue weighted by molar-refractivity contribution is -0.126. The van der Waals surface area contributed by atoms with E-state index in [4.69, 9.17) is 0 Å². The van der Waals surface area contributed by atoms with E-state index in [0.717, 1.165) is 12.8 Å². The van der Waals surface area contributed by atoms with Crippen molar-refractivity contribution in [3.8, 4) is 0 Å². The lowest BCUT2D eigenvalue weighted by Gasteiger charge is -2.32. The van der Waals surface area contributed by atoms with E-state index in [1.807, 2.05) is 13.8 Å². The zero-order valence-corrected chi connectivity index (χ0v) is 18.2. The van der Waals surface area contributed by atoms with Crippen LogP contribution >= 0.6 is 0 Å². The molecular formula is C23H28FN5O3. The van der Waals surface area contributed by atoms with Gasteiger partial charge in [0.1, 0.15) is 5.82 Å². The van der Waals surface area contributed by atoms with E-state index < -0.39 is 11.8 Å². The standard InChI is InChI=1S/C23H28FN5O3/c1-15(2)25-21(30)16-6-5-13-29(14-16)23(32)27-18-11-9-17(10-12-18)26-22(31)28-20-8-4-3-7-19(20)24/h3-4,7-12,15-16H,5-6,13-14H2,1-2H3,(H,25,30)(H,27,32)(H2,26,28,31). The molecule has 170 valence electrons. The molecule has 4 N–H and O–H groups in total. The number of urea groups is 2. The molecule has 0 radical (unpaired) electrons. The topological polar surface area (TPSA) is 103 Å². The second kappa shape index (κ2) is 10.6. The molecule has 0 aromatic heterocycles. The second-order valence-electron chi connectivity index (χ2n) is 8.01. The van der Waals surface area contributed by atoms with Crippen LogP contribution in [0.4, 0.5) is 31.0 Å². The summed E-state index contributed by atoms with van der Waals surface area (Å²) in [5.74, 6) is -0.764. The van der Waals surface area contributed by atoms with Crippen LogP contribution in [0, 0.1) is 11.7 Å². The monoisotopic (exact) mass is 441 g/mol. The molecule has 1 aliphatic heterocycles. The molecule has 9 heteroatoms. The van der Waals surface area contributed by atoms with Crippen LogP contribution in [0.15, 0.2) is 48.5 Å². The predicted molar refractivity (Wildman–Crippen MR) is 122 cm³/mol. The number of amides is 5. The van der Waals surface area contributed by atoms with Gasteiger partial charge in [-0.05, 0) is 63.1 Å². The number of para-hydroxylation sites is 1. The first-order chi connectivity index (χ1) is 15.3. The normalized spacial score (nSPS) is 15.8. The Hall–Kier alpha value is -3.62. The zero-order chi connectivity index (χ0) is 23.1. The fourth-order valence-corrected chi connectivity index (χ4v) is 3.46. The summed E-state index contributed by atoms with van der Waals surface area (Å²) in [7, 11) is 0. The van der Waals surface area contributed by atoms with Crippen LogP contribution < -0.4 is 21.3 Å². The van der Waals surface area contributed by atoms with Crippen molar-refractivity contribution in [3.63, 3.8) is 0 Å². The number of hydrogen-bond acceptors (Lipinski definition) is 3. The smallest absolute Gasteiger partial charge is 0.323 e. The summed E-state index contributed by atoms with van der Waals surface area (Å²) in [5.41, 5.74) is 1.12. The molecule has 3 rings (SSSR count). The number of halogens is 1. The van der Waals surface area contributed by atoms with Crippen molar-refractivity contribution in [3.05, 3.63) is 54.3 Å². The maximum atomic E-state index is 13.6. The molecule has 0 bridgehead atoms. The molecule has 1 fully saturated rings. The average molecular weight is 442 g/mol. The average Bonchev–Trinajstić information content (AvgIpc) is 2.76. The van der Waals surface area contributed by atoms with E-state index in [9.17, 15) is 18.8 Å². The Labute approximate surface area is 186 Å². The Kier molecular flexibility index (Phi) is 7.64. The highest BCUT2D eigenvalue weighted by Crippen LogP contribution is 2.20. The quantitative estimate of drug-likeness (QED) is 0.558. The third-order valence-corrected chi connectivity index (χ3v) is 5.03. The number of nitrogens with one attached hydrogen (secondary N) is 4. The van der Waals surface area contributed by atoms with Crippen molar-refractivity contribution in [1.29, 1.82) is 0 Å². The van der Waals surface area contributed by atoms with Crippen LogP contribution in [0.5, 0.6) is 0 Å². The van der Waals surface area contributed by atoms with Crippen LogP contribution in [0.3, 0.4) is 0 Å². The van der Waals surface area contributed by atoms with Crippen LogP contribution in [0.2, 0.25) is 0 Å². The summed E-state index contributed by atoms with van der Waals surface area (Å²) in [6.07, 6.45) is 1.53. The van der Waals surface area contributed by atoms with Gasteiger partial charge in [0.25, 0.3) is 0 Å². The number of carbonyl (C=O) groups is 3. The molecule has 0 spiro atoms. The van der Waals surface area contributed by atoms with E-state index in [2.05, 4.69) is 21.3 Å². The number of carbonyl (C=O) groups excluding carboxylic acids is 3.